The van der Waals surface area contributed by atoms with Crippen molar-refractivity contribution in [3.63, 3.8) is 0 Å². The smallest absolute Gasteiger partial charge is 0.222 e. The van der Waals surface area contributed by atoms with Crippen molar-refractivity contribution in [3.8, 4) is 22.9 Å². The van der Waals surface area contributed by atoms with Crippen molar-refractivity contribution < 1.29 is 23.4 Å². The fraction of sp³-hybridized carbons (Fsp3) is 0.250. The number of rotatable bonds is 13. The van der Waals surface area contributed by atoms with E-state index < -0.39 is 6.10 Å². The lowest BCUT2D eigenvalue weighted by Gasteiger charge is -2.24. The Morgan fingerprint density at radius 1 is 1.14 bits per heavy atom. The predicted molar refractivity (Wildman–Crippen MR) is 135 cm³/mol. The molecule has 0 bridgehead atoms. The summed E-state index contributed by atoms with van der Waals surface area (Å²) in [5, 5.41) is 15.4. The molecule has 1 unspecified atom stereocenters. The quantitative estimate of drug-likeness (QED) is 0.205. The number of hydrogen-bond acceptors (Lipinski definition) is 6. The highest BCUT2D eigenvalue weighted by Gasteiger charge is 2.24. The Balaban J connectivity index is 1.68. The Morgan fingerprint density at radius 3 is 2.69 bits per heavy atom. The van der Waals surface area contributed by atoms with Crippen LogP contribution in [-0.4, -0.2) is 45.6 Å². The van der Waals surface area contributed by atoms with Crippen molar-refractivity contribution >= 4 is 0 Å². The topological polar surface area (TPSA) is 72.9 Å². The highest BCUT2D eigenvalue weighted by molar-refractivity contribution is 5.65. The molecule has 2 heterocycles. The van der Waals surface area contributed by atoms with Gasteiger partial charge in [0, 0.05) is 31.8 Å². The van der Waals surface area contributed by atoms with E-state index in [2.05, 4.69) is 6.58 Å². The summed E-state index contributed by atoms with van der Waals surface area (Å²) in [6.07, 6.45) is 2.53. The van der Waals surface area contributed by atoms with E-state index in [1.165, 1.54) is 12.1 Å². The van der Waals surface area contributed by atoms with Crippen molar-refractivity contribution in [2.24, 2.45) is 7.05 Å². The van der Waals surface area contributed by atoms with Crippen LogP contribution < -0.4 is 4.74 Å². The first kappa shape index (κ1) is 25.4. The van der Waals surface area contributed by atoms with Gasteiger partial charge in [0.05, 0.1) is 37.7 Å². The lowest BCUT2D eigenvalue weighted by molar-refractivity contribution is 0.0215. The van der Waals surface area contributed by atoms with E-state index in [1.807, 2.05) is 47.4 Å². The van der Waals surface area contributed by atoms with Crippen LogP contribution in [0.25, 0.3) is 11.3 Å². The van der Waals surface area contributed by atoms with Crippen LogP contribution in [-0.2, 0) is 24.9 Å². The minimum Gasteiger partial charge on any atom is -0.468 e. The number of ether oxygens (including phenoxy) is 2. The van der Waals surface area contributed by atoms with E-state index in [9.17, 15) is 9.50 Å². The van der Waals surface area contributed by atoms with Crippen molar-refractivity contribution in [2.45, 2.75) is 19.2 Å². The third-order valence-corrected chi connectivity index (χ3v) is 5.50. The molecule has 0 fully saturated rings. The minimum absolute atomic E-state index is 0.173. The van der Waals surface area contributed by atoms with Gasteiger partial charge in [-0.05, 0) is 24.3 Å². The third-order valence-electron chi connectivity index (χ3n) is 5.50. The first-order valence-electron chi connectivity index (χ1n) is 11.7. The SMILES string of the molecule is C=CCOCC(O)CN(Cc1ccco1)Cc1c(-c2ccccc2)nn(C)c1Oc1cccc(F)c1. The summed E-state index contributed by atoms with van der Waals surface area (Å²) in [7, 11) is 1.79. The molecule has 36 heavy (non-hydrogen) atoms. The lowest BCUT2D eigenvalue weighted by atomic mass is 10.1. The van der Waals surface area contributed by atoms with Gasteiger partial charge in [0.15, 0.2) is 0 Å². The number of aliphatic hydroxyl groups is 1. The van der Waals surface area contributed by atoms with Crippen molar-refractivity contribution in [2.75, 3.05) is 19.8 Å². The molecular weight excluding hydrogens is 461 g/mol. The zero-order valence-electron chi connectivity index (χ0n) is 20.2. The Morgan fingerprint density at radius 2 is 1.97 bits per heavy atom. The Kier molecular flexibility index (Phi) is 8.67. The molecule has 0 aliphatic rings. The van der Waals surface area contributed by atoms with E-state index in [0.717, 1.165) is 22.6 Å². The number of aliphatic hydroxyl groups excluding tert-OH is 1. The second-order valence-corrected chi connectivity index (χ2v) is 8.41. The molecule has 0 saturated carbocycles. The molecule has 8 heteroatoms. The maximum absolute atomic E-state index is 13.9. The van der Waals surface area contributed by atoms with Crippen LogP contribution in [0.4, 0.5) is 4.39 Å². The molecule has 0 amide bonds. The maximum atomic E-state index is 13.9. The molecule has 2 aromatic carbocycles. The molecule has 1 atom stereocenters. The van der Waals surface area contributed by atoms with E-state index in [4.69, 9.17) is 19.0 Å². The Labute approximate surface area is 210 Å². The number of halogens is 1. The molecule has 0 saturated heterocycles. The summed E-state index contributed by atoms with van der Waals surface area (Å²) in [4.78, 5) is 2.04. The number of hydrogen-bond donors (Lipinski definition) is 1. The van der Waals surface area contributed by atoms with Gasteiger partial charge in [-0.3, -0.25) is 4.90 Å². The van der Waals surface area contributed by atoms with Gasteiger partial charge in [-0.25, -0.2) is 9.07 Å². The largest absolute Gasteiger partial charge is 0.468 e. The van der Waals surface area contributed by atoms with Gasteiger partial charge in [0.2, 0.25) is 5.88 Å². The molecule has 2 aromatic heterocycles. The van der Waals surface area contributed by atoms with E-state index >= 15 is 0 Å². The van der Waals surface area contributed by atoms with Crippen LogP contribution >= 0.6 is 0 Å². The summed E-state index contributed by atoms with van der Waals surface area (Å²) in [5.41, 5.74) is 2.47. The van der Waals surface area contributed by atoms with Crippen LogP contribution in [0, 0.1) is 5.82 Å². The summed E-state index contributed by atoms with van der Waals surface area (Å²) >= 11 is 0. The zero-order valence-corrected chi connectivity index (χ0v) is 20.2. The Hall–Kier alpha value is -3.72. The molecule has 4 aromatic rings. The van der Waals surface area contributed by atoms with Gasteiger partial charge in [0.1, 0.15) is 23.0 Å². The molecule has 188 valence electrons. The summed E-state index contributed by atoms with van der Waals surface area (Å²) in [5.74, 6) is 1.23. The van der Waals surface area contributed by atoms with E-state index in [1.54, 1.807) is 36.2 Å². The molecular formula is C28H30FN3O4. The van der Waals surface area contributed by atoms with Crippen molar-refractivity contribution in [3.05, 3.63) is 103 Å². The van der Waals surface area contributed by atoms with Crippen molar-refractivity contribution in [1.29, 1.82) is 0 Å². The average Bonchev–Trinajstić information content (AvgIpc) is 3.48. The number of aryl methyl sites for hydroxylation is 1. The van der Waals surface area contributed by atoms with E-state index in [-0.39, 0.29) is 12.4 Å². The number of aromatic nitrogens is 2. The second kappa shape index (κ2) is 12.3. The van der Waals surface area contributed by atoms with Gasteiger partial charge in [-0.15, -0.1) is 6.58 Å². The van der Waals surface area contributed by atoms with Gasteiger partial charge in [-0.1, -0.05) is 42.5 Å². The van der Waals surface area contributed by atoms with Gasteiger partial charge < -0.3 is 19.0 Å². The maximum Gasteiger partial charge on any atom is 0.222 e. The van der Waals surface area contributed by atoms with Gasteiger partial charge >= 0.3 is 0 Å². The molecule has 1 N–H and O–H groups in total. The molecule has 7 nitrogen and oxygen atoms in total. The fourth-order valence-corrected chi connectivity index (χ4v) is 3.96. The number of furan rings is 1. The van der Waals surface area contributed by atoms with Crippen LogP contribution in [0.5, 0.6) is 11.6 Å². The number of nitrogens with zero attached hydrogens (tertiary/aromatic N) is 3. The monoisotopic (exact) mass is 491 g/mol. The second-order valence-electron chi connectivity index (χ2n) is 8.41. The number of benzene rings is 2. The van der Waals surface area contributed by atoms with Crippen LogP contribution in [0.1, 0.15) is 11.3 Å². The lowest BCUT2D eigenvalue weighted by Crippen LogP contribution is -2.34. The minimum atomic E-state index is -0.732. The summed E-state index contributed by atoms with van der Waals surface area (Å²) in [6.45, 7) is 5.34. The van der Waals surface area contributed by atoms with E-state index in [0.29, 0.717) is 37.9 Å². The van der Waals surface area contributed by atoms with Crippen LogP contribution in [0.3, 0.4) is 0 Å². The summed E-state index contributed by atoms with van der Waals surface area (Å²) in [6, 6.07) is 19.5. The highest BCUT2D eigenvalue weighted by atomic mass is 19.1. The molecule has 0 radical (unpaired) electrons. The summed E-state index contributed by atoms with van der Waals surface area (Å²) < 4.78 is 32.7. The fourth-order valence-electron chi connectivity index (χ4n) is 3.96. The van der Waals surface area contributed by atoms with Crippen LogP contribution in [0.2, 0.25) is 0 Å². The standard InChI is InChI=1S/C28H30FN3O4/c1-3-14-34-20-23(33)17-32(18-25-13-8-15-35-25)19-26-27(21-9-5-4-6-10-21)30-31(2)28(26)36-24-12-7-11-22(29)16-24/h3-13,15-16,23,33H,1,14,17-20H2,2H3. The highest BCUT2D eigenvalue weighted by Crippen LogP contribution is 2.34. The third kappa shape index (κ3) is 6.69. The molecule has 0 aliphatic carbocycles. The Bertz CT molecular complexity index is 1240. The first-order valence-corrected chi connectivity index (χ1v) is 11.7. The predicted octanol–water partition coefficient (Wildman–Crippen LogP) is 5.18. The molecule has 4 rings (SSSR count). The molecule has 0 aliphatic heterocycles. The van der Waals surface area contributed by atoms with Gasteiger partial charge in [0.25, 0.3) is 0 Å². The first-order chi connectivity index (χ1) is 17.5. The molecule has 0 spiro atoms. The average molecular weight is 492 g/mol. The van der Waals surface area contributed by atoms with Crippen LogP contribution in [0.15, 0.2) is 90.1 Å². The normalized spacial score (nSPS) is 12.1. The van der Waals surface area contributed by atoms with Crippen molar-refractivity contribution in [1.82, 2.24) is 14.7 Å². The van der Waals surface area contributed by atoms with Gasteiger partial charge in [-0.2, -0.15) is 5.10 Å². The zero-order chi connectivity index (χ0) is 25.3.